The molecular weight excluding hydrogens is 290 g/mol. The lowest BCUT2D eigenvalue weighted by Gasteiger charge is -2.28. The Bertz CT molecular complexity index is 628. The van der Waals surface area contributed by atoms with E-state index in [1.54, 1.807) is 7.11 Å². The summed E-state index contributed by atoms with van der Waals surface area (Å²) >= 11 is 0. The van der Waals surface area contributed by atoms with Crippen LogP contribution in [0.4, 0.5) is 0 Å². The Morgan fingerprint density at radius 3 is 2.43 bits per heavy atom. The highest BCUT2D eigenvalue weighted by molar-refractivity contribution is 5.71. The Morgan fingerprint density at radius 2 is 1.78 bits per heavy atom. The van der Waals surface area contributed by atoms with Crippen LogP contribution < -0.4 is 4.74 Å². The van der Waals surface area contributed by atoms with Crippen LogP contribution in [0.25, 0.3) is 0 Å². The van der Waals surface area contributed by atoms with Gasteiger partial charge in [-0.3, -0.25) is 9.69 Å². The number of carbonyl (C=O) groups is 1. The molecule has 0 spiro atoms. The number of ether oxygens (including phenoxy) is 2. The van der Waals surface area contributed by atoms with Gasteiger partial charge in [0, 0.05) is 0 Å². The second kappa shape index (κ2) is 8.34. The number of nitrogens with zero attached hydrogens (tertiary/aromatic N) is 1. The predicted molar refractivity (Wildman–Crippen MR) is 90.5 cm³/mol. The minimum absolute atomic E-state index is 0.0456. The van der Waals surface area contributed by atoms with Crippen molar-refractivity contribution in [2.45, 2.75) is 13.0 Å². The third-order valence-electron chi connectivity index (χ3n) is 3.65. The molecule has 0 bridgehead atoms. The fraction of sp³-hybridized carbons (Fsp3) is 0.316. The first-order valence-corrected chi connectivity index (χ1v) is 7.70. The molecule has 1 unspecified atom stereocenters. The van der Waals surface area contributed by atoms with Crippen LogP contribution >= 0.6 is 0 Å². The van der Waals surface area contributed by atoms with Crippen LogP contribution in [-0.2, 0) is 9.53 Å². The van der Waals surface area contributed by atoms with E-state index in [4.69, 9.17) is 9.47 Å². The number of rotatable bonds is 7. The van der Waals surface area contributed by atoms with Crippen molar-refractivity contribution in [1.82, 2.24) is 4.90 Å². The summed E-state index contributed by atoms with van der Waals surface area (Å²) in [4.78, 5) is 13.8. The number of methoxy groups -OCH3 is 1. The van der Waals surface area contributed by atoms with Gasteiger partial charge in [0.25, 0.3) is 0 Å². The van der Waals surface area contributed by atoms with Gasteiger partial charge in [-0.05, 0) is 37.2 Å². The van der Waals surface area contributed by atoms with Crippen molar-refractivity contribution in [3.8, 4) is 5.75 Å². The van der Waals surface area contributed by atoms with E-state index in [1.807, 2.05) is 61.3 Å². The zero-order valence-electron chi connectivity index (χ0n) is 13.9. The normalized spacial score (nSPS) is 12.0. The smallest absolute Gasteiger partial charge is 0.320 e. The van der Waals surface area contributed by atoms with Crippen LogP contribution in [0.2, 0.25) is 0 Å². The maximum atomic E-state index is 11.9. The fourth-order valence-electron chi connectivity index (χ4n) is 2.65. The molecule has 0 fully saturated rings. The average molecular weight is 313 g/mol. The molecule has 0 radical (unpaired) electrons. The van der Waals surface area contributed by atoms with Crippen LogP contribution in [-0.4, -0.2) is 38.2 Å². The second-order valence-electron chi connectivity index (χ2n) is 5.31. The number of esters is 1. The van der Waals surface area contributed by atoms with E-state index < -0.39 is 0 Å². The van der Waals surface area contributed by atoms with Gasteiger partial charge < -0.3 is 9.47 Å². The molecule has 2 aromatic carbocycles. The molecule has 0 heterocycles. The van der Waals surface area contributed by atoms with Gasteiger partial charge in [-0.1, -0.05) is 42.5 Å². The summed E-state index contributed by atoms with van der Waals surface area (Å²) in [7, 11) is 3.58. The lowest BCUT2D eigenvalue weighted by Crippen LogP contribution is -2.32. The quantitative estimate of drug-likeness (QED) is 0.735. The van der Waals surface area contributed by atoms with E-state index in [2.05, 4.69) is 12.1 Å². The molecule has 0 aromatic heterocycles. The molecule has 4 nitrogen and oxygen atoms in total. The van der Waals surface area contributed by atoms with Crippen molar-refractivity contribution in [2.24, 2.45) is 0 Å². The molecule has 0 saturated carbocycles. The fourth-order valence-corrected chi connectivity index (χ4v) is 2.65. The molecular formula is C19H23NO3. The minimum atomic E-state index is -0.223. The molecule has 1 atom stereocenters. The monoisotopic (exact) mass is 313 g/mol. The van der Waals surface area contributed by atoms with E-state index in [1.165, 1.54) is 0 Å². The summed E-state index contributed by atoms with van der Waals surface area (Å²) in [5.41, 5.74) is 2.19. The number of benzene rings is 2. The van der Waals surface area contributed by atoms with Crippen LogP contribution in [0.5, 0.6) is 5.75 Å². The largest absolute Gasteiger partial charge is 0.497 e. The van der Waals surface area contributed by atoms with Crippen molar-refractivity contribution in [3.05, 3.63) is 65.7 Å². The Kier molecular flexibility index (Phi) is 6.18. The van der Waals surface area contributed by atoms with E-state index >= 15 is 0 Å². The van der Waals surface area contributed by atoms with Gasteiger partial charge in [0.1, 0.15) is 5.75 Å². The van der Waals surface area contributed by atoms with Gasteiger partial charge in [-0.15, -0.1) is 0 Å². The first kappa shape index (κ1) is 17.0. The van der Waals surface area contributed by atoms with Gasteiger partial charge in [0.05, 0.1) is 26.3 Å². The van der Waals surface area contributed by atoms with Crippen LogP contribution in [0.3, 0.4) is 0 Å². The van der Waals surface area contributed by atoms with Gasteiger partial charge >= 0.3 is 5.97 Å². The van der Waals surface area contributed by atoms with E-state index in [-0.39, 0.29) is 18.6 Å². The summed E-state index contributed by atoms with van der Waals surface area (Å²) in [6, 6.07) is 18.0. The summed E-state index contributed by atoms with van der Waals surface area (Å²) in [6.07, 6.45) is 0. The molecule has 0 aliphatic rings. The molecule has 23 heavy (non-hydrogen) atoms. The molecule has 0 aliphatic carbocycles. The Morgan fingerprint density at radius 1 is 1.09 bits per heavy atom. The molecule has 122 valence electrons. The van der Waals surface area contributed by atoms with E-state index in [9.17, 15) is 4.79 Å². The summed E-state index contributed by atoms with van der Waals surface area (Å²) < 4.78 is 10.4. The molecule has 0 N–H and O–H groups in total. The Labute approximate surface area is 137 Å². The number of carbonyl (C=O) groups excluding carboxylic acids is 1. The minimum Gasteiger partial charge on any atom is -0.497 e. The van der Waals surface area contributed by atoms with Gasteiger partial charge in [-0.2, -0.15) is 0 Å². The number of hydrogen-bond acceptors (Lipinski definition) is 4. The lowest BCUT2D eigenvalue weighted by atomic mass is 9.97. The SMILES string of the molecule is CCOC(=O)CN(C)C(c1ccccc1)c1cccc(OC)c1. The highest BCUT2D eigenvalue weighted by atomic mass is 16.5. The molecule has 2 aromatic rings. The van der Waals surface area contributed by atoms with Gasteiger partial charge in [0.15, 0.2) is 0 Å². The lowest BCUT2D eigenvalue weighted by molar-refractivity contribution is -0.144. The van der Waals surface area contributed by atoms with Crippen LogP contribution in [0, 0.1) is 0 Å². The van der Waals surface area contributed by atoms with Crippen molar-refractivity contribution in [1.29, 1.82) is 0 Å². The molecule has 2 rings (SSSR count). The maximum absolute atomic E-state index is 11.9. The van der Waals surface area contributed by atoms with Crippen molar-refractivity contribution >= 4 is 5.97 Å². The number of hydrogen-bond donors (Lipinski definition) is 0. The average Bonchev–Trinajstić information content (AvgIpc) is 2.56. The molecule has 0 saturated heterocycles. The molecule has 4 heteroatoms. The highest BCUT2D eigenvalue weighted by Crippen LogP contribution is 2.29. The third kappa shape index (κ3) is 4.57. The van der Waals surface area contributed by atoms with Crippen LogP contribution in [0.1, 0.15) is 24.1 Å². The zero-order valence-corrected chi connectivity index (χ0v) is 13.9. The molecule has 0 aliphatic heterocycles. The van der Waals surface area contributed by atoms with Crippen molar-refractivity contribution < 1.29 is 14.3 Å². The number of likely N-dealkylation sites (N-methyl/N-ethyl adjacent to an activating group) is 1. The Hall–Kier alpha value is -2.33. The Balaban J connectivity index is 2.33. The predicted octanol–water partition coefficient (Wildman–Crippen LogP) is 3.28. The highest BCUT2D eigenvalue weighted by Gasteiger charge is 2.22. The van der Waals surface area contributed by atoms with Crippen molar-refractivity contribution in [3.63, 3.8) is 0 Å². The van der Waals surface area contributed by atoms with E-state index in [0.717, 1.165) is 16.9 Å². The van der Waals surface area contributed by atoms with Crippen LogP contribution in [0.15, 0.2) is 54.6 Å². The standard InChI is InChI=1S/C19H23NO3/c1-4-23-18(21)14-20(2)19(15-9-6-5-7-10-15)16-11-8-12-17(13-16)22-3/h5-13,19H,4,14H2,1-3H3. The topological polar surface area (TPSA) is 38.8 Å². The summed E-state index contributed by atoms with van der Waals surface area (Å²) in [5, 5.41) is 0. The second-order valence-corrected chi connectivity index (χ2v) is 5.31. The van der Waals surface area contributed by atoms with E-state index in [0.29, 0.717) is 6.61 Å². The van der Waals surface area contributed by atoms with Crippen molar-refractivity contribution in [2.75, 3.05) is 27.3 Å². The summed E-state index contributed by atoms with van der Waals surface area (Å²) in [6.45, 7) is 2.43. The zero-order chi connectivity index (χ0) is 16.7. The first-order chi connectivity index (χ1) is 11.2. The first-order valence-electron chi connectivity index (χ1n) is 7.70. The van der Waals surface area contributed by atoms with Gasteiger partial charge in [0.2, 0.25) is 0 Å². The summed E-state index contributed by atoms with van der Waals surface area (Å²) in [5.74, 6) is 0.576. The van der Waals surface area contributed by atoms with Gasteiger partial charge in [-0.25, -0.2) is 0 Å². The molecule has 0 amide bonds. The maximum Gasteiger partial charge on any atom is 0.320 e. The third-order valence-corrected chi connectivity index (χ3v) is 3.65.